The highest BCUT2D eigenvalue weighted by Crippen LogP contribution is 2.10. The number of ether oxygens (including phenoxy) is 1. The first kappa shape index (κ1) is 16.5. The molecule has 1 aromatic rings. The molecule has 1 aromatic heterocycles. The Kier molecular flexibility index (Phi) is 7.13. The Bertz CT molecular complexity index is 450. The number of carbonyl (C=O) groups excluding carboxylic acids is 2. The van der Waals surface area contributed by atoms with Gasteiger partial charge in [-0.3, -0.25) is 9.59 Å². The number of hydrogen-bond acceptors (Lipinski definition) is 6. The molecule has 20 heavy (non-hydrogen) atoms. The molecular weight excluding hydrogens is 280 g/mol. The number of nitrogens with zero attached hydrogens (tertiary/aromatic N) is 1. The van der Waals surface area contributed by atoms with E-state index < -0.39 is 6.04 Å². The van der Waals surface area contributed by atoms with Crippen molar-refractivity contribution in [2.75, 3.05) is 26.8 Å². The summed E-state index contributed by atoms with van der Waals surface area (Å²) in [5.74, 6) is -0.619. The van der Waals surface area contributed by atoms with Gasteiger partial charge in [0.05, 0.1) is 11.6 Å². The molecule has 8 heteroatoms. The fourth-order valence-electron chi connectivity index (χ4n) is 1.42. The van der Waals surface area contributed by atoms with Crippen LogP contribution >= 0.6 is 11.3 Å². The second kappa shape index (κ2) is 8.62. The first-order valence-electron chi connectivity index (χ1n) is 6.30. The molecule has 1 rings (SSSR count). The third-order valence-electron chi connectivity index (χ3n) is 2.49. The topological polar surface area (TPSA) is 106 Å². The van der Waals surface area contributed by atoms with Crippen molar-refractivity contribution in [3.63, 3.8) is 0 Å². The van der Waals surface area contributed by atoms with Gasteiger partial charge in [0.15, 0.2) is 0 Å². The fraction of sp³-hybridized carbons (Fsp3) is 0.583. The highest BCUT2D eigenvalue weighted by molar-refractivity contribution is 7.09. The first-order chi connectivity index (χ1) is 9.58. The van der Waals surface area contributed by atoms with Gasteiger partial charge in [-0.25, -0.2) is 4.98 Å². The van der Waals surface area contributed by atoms with Crippen LogP contribution in [0.5, 0.6) is 0 Å². The molecule has 0 saturated carbocycles. The molecule has 0 radical (unpaired) electrons. The Labute approximate surface area is 121 Å². The molecule has 1 unspecified atom stereocenters. The van der Waals surface area contributed by atoms with E-state index in [2.05, 4.69) is 15.6 Å². The van der Waals surface area contributed by atoms with Gasteiger partial charge in [0.2, 0.25) is 5.91 Å². The van der Waals surface area contributed by atoms with Crippen LogP contribution in [0.4, 0.5) is 0 Å². The maximum Gasteiger partial charge on any atom is 0.271 e. The standard InChI is InChI=1S/C12H20N4O3S/c1-8(11(17)14-5-6-19-2)15-12(18)9-7-20-10(16-9)3-4-13/h7-8H,3-6,13H2,1-2H3,(H,14,17)(H,15,18). The lowest BCUT2D eigenvalue weighted by Crippen LogP contribution is -2.45. The van der Waals surface area contributed by atoms with Crippen molar-refractivity contribution >= 4 is 23.2 Å². The zero-order valence-corrected chi connectivity index (χ0v) is 12.5. The molecule has 0 saturated heterocycles. The van der Waals surface area contributed by atoms with E-state index in [1.807, 2.05) is 0 Å². The summed E-state index contributed by atoms with van der Waals surface area (Å²) in [6.07, 6.45) is 0.644. The largest absolute Gasteiger partial charge is 0.383 e. The van der Waals surface area contributed by atoms with Gasteiger partial charge in [-0.1, -0.05) is 0 Å². The summed E-state index contributed by atoms with van der Waals surface area (Å²) in [6, 6.07) is -0.626. The van der Waals surface area contributed by atoms with Crippen molar-refractivity contribution in [1.82, 2.24) is 15.6 Å². The number of amides is 2. The molecular formula is C12H20N4O3S. The Morgan fingerprint density at radius 2 is 2.30 bits per heavy atom. The summed E-state index contributed by atoms with van der Waals surface area (Å²) in [5, 5.41) is 7.73. The lowest BCUT2D eigenvalue weighted by molar-refractivity contribution is -0.122. The fourth-order valence-corrected chi connectivity index (χ4v) is 2.21. The summed E-state index contributed by atoms with van der Waals surface area (Å²) in [4.78, 5) is 27.7. The number of carbonyl (C=O) groups is 2. The second-order valence-corrected chi connectivity index (χ2v) is 5.09. The highest BCUT2D eigenvalue weighted by atomic mass is 32.1. The number of aromatic nitrogens is 1. The van der Waals surface area contributed by atoms with Crippen molar-refractivity contribution in [2.45, 2.75) is 19.4 Å². The molecule has 0 aliphatic heterocycles. The predicted molar refractivity (Wildman–Crippen MR) is 76.7 cm³/mol. The van der Waals surface area contributed by atoms with Gasteiger partial charge in [0, 0.05) is 25.5 Å². The van der Waals surface area contributed by atoms with E-state index in [1.54, 1.807) is 19.4 Å². The predicted octanol–water partition coefficient (Wildman–Crippen LogP) is -0.475. The van der Waals surface area contributed by atoms with Gasteiger partial charge in [-0.05, 0) is 13.5 Å². The average molecular weight is 300 g/mol. The molecule has 0 bridgehead atoms. The molecule has 1 heterocycles. The maximum absolute atomic E-state index is 11.9. The lowest BCUT2D eigenvalue weighted by Gasteiger charge is -2.13. The third kappa shape index (κ3) is 5.24. The summed E-state index contributed by atoms with van der Waals surface area (Å²) < 4.78 is 4.83. The zero-order chi connectivity index (χ0) is 15.0. The SMILES string of the molecule is COCCNC(=O)C(C)NC(=O)c1csc(CCN)n1. The van der Waals surface area contributed by atoms with Crippen LogP contribution in [0.2, 0.25) is 0 Å². The van der Waals surface area contributed by atoms with Gasteiger partial charge in [-0.15, -0.1) is 11.3 Å². The summed E-state index contributed by atoms with van der Waals surface area (Å²) >= 11 is 1.39. The van der Waals surface area contributed by atoms with Gasteiger partial charge >= 0.3 is 0 Å². The number of thiazole rings is 1. The quantitative estimate of drug-likeness (QED) is 0.563. The van der Waals surface area contributed by atoms with Crippen LogP contribution < -0.4 is 16.4 Å². The van der Waals surface area contributed by atoms with Crippen LogP contribution in [0.25, 0.3) is 0 Å². The first-order valence-corrected chi connectivity index (χ1v) is 7.18. The Balaban J connectivity index is 2.45. The smallest absolute Gasteiger partial charge is 0.271 e. The van der Waals surface area contributed by atoms with E-state index in [0.29, 0.717) is 31.8 Å². The van der Waals surface area contributed by atoms with Crippen molar-refractivity contribution < 1.29 is 14.3 Å². The molecule has 0 aromatic carbocycles. The minimum atomic E-state index is -0.626. The van der Waals surface area contributed by atoms with Gasteiger partial charge in [0.25, 0.3) is 5.91 Å². The van der Waals surface area contributed by atoms with Crippen molar-refractivity contribution in [1.29, 1.82) is 0 Å². The van der Waals surface area contributed by atoms with Gasteiger partial charge < -0.3 is 21.1 Å². The van der Waals surface area contributed by atoms with Crippen LogP contribution in [0.1, 0.15) is 22.4 Å². The van der Waals surface area contributed by atoms with Crippen LogP contribution in [0.3, 0.4) is 0 Å². The van der Waals surface area contributed by atoms with Gasteiger partial charge in [-0.2, -0.15) is 0 Å². The molecule has 7 nitrogen and oxygen atoms in total. The molecule has 0 fully saturated rings. The van der Waals surface area contributed by atoms with Crippen molar-refractivity contribution in [3.8, 4) is 0 Å². The van der Waals surface area contributed by atoms with Crippen molar-refractivity contribution in [2.24, 2.45) is 5.73 Å². The van der Waals surface area contributed by atoms with Crippen LogP contribution in [-0.4, -0.2) is 49.6 Å². The Morgan fingerprint density at radius 3 is 2.95 bits per heavy atom. The maximum atomic E-state index is 11.9. The summed E-state index contributed by atoms with van der Waals surface area (Å²) in [5.41, 5.74) is 5.74. The number of methoxy groups -OCH3 is 1. The van der Waals surface area contributed by atoms with E-state index in [1.165, 1.54) is 11.3 Å². The lowest BCUT2D eigenvalue weighted by atomic mass is 10.3. The molecule has 4 N–H and O–H groups in total. The highest BCUT2D eigenvalue weighted by Gasteiger charge is 2.18. The number of nitrogens with two attached hydrogens (primary N) is 1. The Morgan fingerprint density at radius 1 is 1.55 bits per heavy atom. The van der Waals surface area contributed by atoms with Crippen LogP contribution in [0.15, 0.2) is 5.38 Å². The van der Waals surface area contributed by atoms with Crippen LogP contribution in [-0.2, 0) is 16.0 Å². The molecule has 0 aliphatic rings. The van der Waals surface area contributed by atoms with E-state index >= 15 is 0 Å². The summed E-state index contributed by atoms with van der Waals surface area (Å²) in [6.45, 7) is 2.95. The van der Waals surface area contributed by atoms with E-state index in [-0.39, 0.29) is 11.8 Å². The monoisotopic (exact) mass is 300 g/mol. The van der Waals surface area contributed by atoms with Crippen LogP contribution in [0, 0.1) is 0 Å². The molecule has 2 amide bonds. The Hall–Kier alpha value is -1.51. The normalized spacial score (nSPS) is 11.9. The van der Waals surface area contributed by atoms with E-state index in [9.17, 15) is 9.59 Å². The van der Waals surface area contributed by atoms with E-state index in [4.69, 9.17) is 10.5 Å². The average Bonchev–Trinajstić information content (AvgIpc) is 2.88. The minimum Gasteiger partial charge on any atom is -0.383 e. The molecule has 0 spiro atoms. The number of rotatable bonds is 8. The summed E-state index contributed by atoms with van der Waals surface area (Å²) in [7, 11) is 1.55. The van der Waals surface area contributed by atoms with Gasteiger partial charge in [0.1, 0.15) is 11.7 Å². The molecule has 0 aliphatic carbocycles. The van der Waals surface area contributed by atoms with Crippen molar-refractivity contribution in [3.05, 3.63) is 16.1 Å². The minimum absolute atomic E-state index is 0.257. The second-order valence-electron chi connectivity index (χ2n) is 4.14. The number of nitrogens with one attached hydrogen (secondary N) is 2. The molecule has 1 atom stereocenters. The number of hydrogen-bond donors (Lipinski definition) is 3. The van der Waals surface area contributed by atoms with E-state index in [0.717, 1.165) is 5.01 Å². The molecule has 112 valence electrons. The zero-order valence-electron chi connectivity index (χ0n) is 11.6. The third-order valence-corrected chi connectivity index (χ3v) is 3.40.